The van der Waals surface area contributed by atoms with Crippen molar-refractivity contribution in [2.45, 2.75) is 0 Å². The van der Waals surface area contributed by atoms with Crippen LogP contribution in [-0.2, 0) is 15.8 Å². The Balaban J connectivity index is 1.88. The van der Waals surface area contributed by atoms with E-state index in [2.05, 4.69) is 49.9 Å². The van der Waals surface area contributed by atoms with E-state index in [1.807, 2.05) is 48.5 Å². The third-order valence-corrected chi connectivity index (χ3v) is 4.98. The molecule has 1 amide bonds. The molecule has 0 aliphatic carbocycles. The molecule has 0 aliphatic rings. The van der Waals surface area contributed by atoms with Crippen molar-refractivity contribution in [2.75, 3.05) is 0 Å². The van der Waals surface area contributed by atoms with Gasteiger partial charge in [-0.1, -0.05) is 24.3 Å². The molecule has 1 N–H and O–H groups in total. The van der Waals surface area contributed by atoms with Crippen molar-refractivity contribution in [3.63, 3.8) is 0 Å². The summed E-state index contributed by atoms with van der Waals surface area (Å²) in [5, 5.41) is 1.46. The number of hydrogen-bond acceptors (Lipinski definition) is 2. The van der Waals surface area contributed by atoms with Crippen molar-refractivity contribution in [3.05, 3.63) is 78.3 Å². The fourth-order valence-electron chi connectivity index (χ4n) is 1.63. The Morgan fingerprint density at radius 1 is 0.870 bits per heavy atom. The number of amides is 1. The van der Waals surface area contributed by atoms with E-state index in [9.17, 15) is 9.00 Å². The highest BCUT2D eigenvalue weighted by molar-refractivity contribution is 14.1. The van der Waals surface area contributed by atoms with Crippen molar-refractivity contribution in [1.82, 2.24) is 4.72 Å². The van der Waals surface area contributed by atoms with Gasteiger partial charge in [-0.2, -0.15) is 0 Å². The highest BCUT2D eigenvalue weighted by Gasteiger charge is 1.99. The van der Waals surface area contributed by atoms with Crippen molar-refractivity contribution in [2.24, 2.45) is 0 Å². The molecule has 2 rings (SSSR count). The Morgan fingerprint density at radius 2 is 1.35 bits per heavy atom. The molecule has 6 heteroatoms. The highest BCUT2D eigenvalue weighted by atomic mass is 127. The molecular formula is C17H13I2NO2S. The molecule has 2 aromatic rings. The predicted molar refractivity (Wildman–Crippen MR) is 113 cm³/mol. The summed E-state index contributed by atoms with van der Waals surface area (Å²) in [6, 6.07) is 15.5. The van der Waals surface area contributed by atoms with Crippen LogP contribution in [0.4, 0.5) is 0 Å². The minimum Gasteiger partial charge on any atom is -0.269 e. The molecule has 0 bridgehead atoms. The largest absolute Gasteiger partial charge is 0.269 e. The van der Waals surface area contributed by atoms with E-state index in [1.54, 1.807) is 12.2 Å². The maximum Gasteiger partial charge on any atom is 0.255 e. The fraction of sp³-hybridized carbons (Fsp3) is 0. The summed E-state index contributed by atoms with van der Waals surface area (Å²) in [6.07, 6.45) is 4.78. The van der Waals surface area contributed by atoms with Gasteiger partial charge in [-0.15, -0.1) is 0 Å². The smallest absolute Gasteiger partial charge is 0.255 e. The van der Waals surface area contributed by atoms with Crippen LogP contribution >= 0.6 is 45.2 Å². The molecule has 3 nitrogen and oxygen atoms in total. The number of carbonyl (C=O) groups is 1. The van der Waals surface area contributed by atoms with E-state index < -0.39 is 16.9 Å². The third-order valence-electron chi connectivity index (χ3n) is 2.75. The second-order valence-corrected chi connectivity index (χ2v) is 8.07. The Kier molecular flexibility index (Phi) is 7.44. The zero-order valence-corrected chi connectivity index (χ0v) is 17.0. The number of nitrogens with one attached hydrogen (secondary N) is 1. The molecule has 1 unspecified atom stereocenters. The van der Waals surface area contributed by atoms with Crippen molar-refractivity contribution < 1.29 is 9.00 Å². The van der Waals surface area contributed by atoms with Crippen LogP contribution < -0.4 is 4.72 Å². The molecule has 0 spiro atoms. The van der Waals surface area contributed by atoms with Gasteiger partial charge in [0.05, 0.1) is 0 Å². The molecule has 118 valence electrons. The number of hydrogen-bond donors (Lipinski definition) is 1. The lowest BCUT2D eigenvalue weighted by molar-refractivity contribution is -0.114. The summed E-state index contributed by atoms with van der Waals surface area (Å²) in [6.45, 7) is 0. The molecule has 0 fully saturated rings. The van der Waals surface area contributed by atoms with Crippen LogP contribution in [0.1, 0.15) is 11.1 Å². The van der Waals surface area contributed by atoms with Crippen LogP contribution in [0.3, 0.4) is 0 Å². The van der Waals surface area contributed by atoms with Crippen molar-refractivity contribution >= 4 is 74.2 Å². The van der Waals surface area contributed by atoms with E-state index in [4.69, 9.17) is 0 Å². The van der Waals surface area contributed by atoms with Crippen LogP contribution in [0.25, 0.3) is 12.2 Å². The highest BCUT2D eigenvalue weighted by Crippen LogP contribution is 2.09. The van der Waals surface area contributed by atoms with Gasteiger partial charge in [-0.05, 0) is 92.7 Å². The lowest BCUT2D eigenvalue weighted by Crippen LogP contribution is -2.21. The molecule has 0 radical (unpaired) electrons. The first-order chi connectivity index (χ1) is 11.0. The van der Waals surface area contributed by atoms with Crippen LogP contribution in [0.2, 0.25) is 0 Å². The Morgan fingerprint density at radius 3 is 1.87 bits per heavy atom. The summed E-state index contributed by atoms with van der Waals surface area (Å²) in [5.74, 6) is -0.394. The standard InChI is InChI=1S/C17H13I2NO2S/c18-15-6-1-13(2-7-15)5-10-17(21)20-23(22)12-11-14-3-8-16(19)9-4-14/h1-12H,(H,20,21)/b10-5+,12-11+. The van der Waals surface area contributed by atoms with Gasteiger partial charge in [0.2, 0.25) is 0 Å². The molecule has 0 aliphatic heterocycles. The second kappa shape index (κ2) is 9.33. The predicted octanol–water partition coefficient (Wildman–Crippen LogP) is 4.36. The lowest BCUT2D eigenvalue weighted by Gasteiger charge is -1.98. The minimum absolute atomic E-state index is 0.394. The summed E-state index contributed by atoms with van der Waals surface area (Å²) in [4.78, 5) is 11.7. The molecule has 0 saturated heterocycles. The molecule has 0 aromatic heterocycles. The summed E-state index contributed by atoms with van der Waals surface area (Å²) >= 11 is 4.44. The average Bonchev–Trinajstić information content (AvgIpc) is 2.54. The first-order valence-corrected chi connectivity index (χ1v) is 9.98. The Bertz CT molecular complexity index is 688. The van der Waals surface area contributed by atoms with Crippen LogP contribution in [-0.4, -0.2) is 10.1 Å². The number of halogens is 2. The van der Waals surface area contributed by atoms with Gasteiger partial charge in [0.25, 0.3) is 5.91 Å². The summed E-state index contributed by atoms with van der Waals surface area (Å²) < 4.78 is 16.5. The topological polar surface area (TPSA) is 46.2 Å². The Hall–Kier alpha value is -1.000. The minimum atomic E-state index is -1.55. The maximum atomic E-state index is 11.8. The molecule has 0 saturated carbocycles. The molecule has 2 aromatic carbocycles. The van der Waals surface area contributed by atoms with Gasteiger partial charge in [0.1, 0.15) is 11.0 Å². The first kappa shape index (κ1) is 18.3. The SMILES string of the molecule is O=C(/C=C/c1ccc(I)cc1)NS(=O)/C=C/c1ccc(I)cc1. The van der Waals surface area contributed by atoms with Crippen molar-refractivity contribution in [3.8, 4) is 0 Å². The average molecular weight is 549 g/mol. The normalized spacial score (nSPS) is 12.6. The van der Waals surface area contributed by atoms with E-state index in [0.717, 1.165) is 18.3 Å². The van der Waals surface area contributed by atoms with Gasteiger partial charge < -0.3 is 0 Å². The second-order valence-electron chi connectivity index (χ2n) is 4.50. The first-order valence-electron chi connectivity index (χ1n) is 6.61. The zero-order chi connectivity index (χ0) is 16.7. The Labute approximate surface area is 165 Å². The van der Waals surface area contributed by atoms with Crippen molar-refractivity contribution in [1.29, 1.82) is 0 Å². The lowest BCUT2D eigenvalue weighted by atomic mass is 10.2. The van der Waals surface area contributed by atoms with Crippen LogP contribution in [0.15, 0.2) is 60.0 Å². The van der Waals surface area contributed by atoms with Gasteiger partial charge >= 0.3 is 0 Å². The number of benzene rings is 2. The summed E-state index contributed by atoms with van der Waals surface area (Å²) in [7, 11) is -1.55. The van der Waals surface area contributed by atoms with E-state index >= 15 is 0 Å². The quantitative estimate of drug-likeness (QED) is 0.446. The maximum absolute atomic E-state index is 11.8. The number of carbonyl (C=O) groups excluding carboxylic acids is 1. The van der Waals surface area contributed by atoms with Crippen LogP contribution in [0, 0.1) is 7.14 Å². The van der Waals surface area contributed by atoms with E-state index in [0.29, 0.717) is 0 Å². The van der Waals surface area contributed by atoms with E-state index in [1.165, 1.54) is 11.5 Å². The van der Waals surface area contributed by atoms with Gasteiger partial charge in [0.15, 0.2) is 0 Å². The van der Waals surface area contributed by atoms with Gasteiger partial charge in [-0.25, -0.2) is 4.21 Å². The molecule has 0 heterocycles. The van der Waals surface area contributed by atoms with E-state index in [-0.39, 0.29) is 0 Å². The molecule has 1 atom stereocenters. The monoisotopic (exact) mass is 549 g/mol. The third kappa shape index (κ3) is 6.96. The fourth-order valence-corrected chi connectivity index (χ4v) is 2.96. The van der Waals surface area contributed by atoms with Gasteiger partial charge in [0, 0.05) is 18.6 Å². The summed E-state index contributed by atoms with van der Waals surface area (Å²) in [5.41, 5.74) is 1.85. The molecule has 23 heavy (non-hydrogen) atoms. The van der Waals surface area contributed by atoms with Gasteiger partial charge in [-0.3, -0.25) is 9.52 Å². The number of rotatable bonds is 5. The zero-order valence-electron chi connectivity index (χ0n) is 11.9. The molecular weight excluding hydrogens is 536 g/mol. The van der Waals surface area contributed by atoms with Crippen LogP contribution in [0.5, 0.6) is 0 Å².